The van der Waals surface area contributed by atoms with Gasteiger partial charge in [0, 0.05) is 0 Å². The van der Waals surface area contributed by atoms with Crippen LogP contribution in [0.25, 0.3) is 0 Å². The number of unbranched alkanes of at least 4 members (excludes halogenated alkanes) is 9. The van der Waals surface area contributed by atoms with Gasteiger partial charge in [-0.1, -0.05) is 70.4 Å². The van der Waals surface area contributed by atoms with Crippen LogP contribution in [0.15, 0.2) is 12.2 Å². The molecule has 26 heavy (non-hydrogen) atoms. The predicted molar refractivity (Wildman–Crippen MR) is 104 cm³/mol. The second-order valence-electron chi connectivity index (χ2n) is 7.38. The Hall–Kier alpha value is -0.460. The van der Waals surface area contributed by atoms with E-state index in [-0.39, 0.29) is 13.2 Å². The number of aliphatic hydroxyl groups is 3. The second-order valence-corrected chi connectivity index (χ2v) is 7.38. The molecule has 0 radical (unpaired) electrons. The summed E-state index contributed by atoms with van der Waals surface area (Å²) in [5, 5.41) is 28.9. The number of rotatable bonds is 16. The molecule has 1 rings (SSSR count). The van der Waals surface area contributed by atoms with Gasteiger partial charge in [0.25, 0.3) is 0 Å². The van der Waals surface area contributed by atoms with Crippen LogP contribution in [-0.4, -0.2) is 59.6 Å². The van der Waals surface area contributed by atoms with Crippen LogP contribution in [-0.2, 0) is 9.47 Å². The molecule has 4 atom stereocenters. The van der Waals surface area contributed by atoms with E-state index in [4.69, 9.17) is 9.47 Å². The number of ether oxygens (including phenoxy) is 2. The van der Waals surface area contributed by atoms with Gasteiger partial charge in [0.05, 0.1) is 19.8 Å². The molecule has 0 aliphatic carbocycles. The molecule has 1 fully saturated rings. The average Bonchev–Trinajstić information content (AvgIpc) is 2.97. The Kier molecular flexibility index (Phi) is 14.1. The largest absolute Gasteiger partial charge is 0.388 e. The van der Waals surface area contributed by atoms with Crippen LogP contribution in [0.2, 0.25) is 0 Å². The van der Waals surface area contributed by atoms with Gasteiger partial charge in [0.1, 0.15) is 24.4 Å². The fraction of sp³-hybridized carbons (Fsp3) is 0.905. The molecule has 0 aromatic carbocycles. The van der Waals surface area contributed by atoms with Crippen molar-refractivity contribution in [2.24, 2.45) is 0 Å². The first-order valence-electron chi connectivity index (χ1n) is 10.5. The molecule has 1 saturated heterocycles. The summed E-state index contributed by atoms with van der Waals surface area (Å²) in [6.45, 7) is 2.97. The first-order chi connectivity index (χ1) is 12.7. The van der Waals surface area contributed by atoms with Crippen molar-refractivity contribution in [3.63, 3.8) is 0 Å². The van der Waals surface area contributed by atoms with Crippen molar-refractivity contribution in [1.29, 1.82) is 0 Å². The number of allylic oxidation sites excluding steroid dienone is 1. The third kappa shape index (κ3) is 10.6. The molecule has 0 bridgehead atoms. The minimum Gasteiger partial charge on any atom is -0.388 e. The Morgan fingerprint density at radius 1 is 0.962 bits per heavy atom. The van der Waals surface area contributed by atoms with Crippen LogP contribution < -0.4 is 0 Å². The van der Waals surface area contributed by atoms with E-state index in [1.165, 1.54) is 57.8 Å². The molecule has 1 aliphatic heterocycles. The van der Waals surface area contributed by atoms with E-state index < -0.39 is 24.4 Å². The zero-order chi connectivity index (χ0) is 19.0. The fourth-order valence-electron chi connectivity index (χ4n) is 3.22. The lowest BCUT2D eigenvalue weighted by Crippen LogP contribution is -2.40. The molecule has 0 unspecified atom stereocenters. The van der Waals surface area contributed by atoms with Gasteiger partial charge in [0.2, 0.25) is 0 Å². The van der Waals surface area contributed by atoms with Crippen LogP contribution in [0.5, 0.6) is 0 Å². The van der Waals surface area contributed by atoms with Crippen LogP contribution in [0.1, 0.15) is 77.6 Å². The van der Waals surface area contributed by atoms with Crippen molar-refractivity contribution in [2.45, 2.75) is 102 Å². The summed E-state index contributed by atoms with van der Waals surface area (Å²) in [4.78, 5) is 0. The molecule has 0 aromatic heterocycles. The van der Waals surface area contributed by atoms with Gasteiger partial charge in [-0.05, 0) is 19.3 Å². The lowest BCUT2D eigenvalue weighted by molar-refractivity contribution is -0.0806. The highest BCUT2D eigenvalue weighted by Gasteiger charge is 2.39. The molecule has 0 amide bonds. The Morgan fingerprint density at radius 3 is 2.19 bits per heavy atom. The van der Waals surface area contributed by atoms with Gasteiger partial charge in [0.15, 0.2) is 0 Å². The van der Waals surface area contributed by atoms with E-state index in [9.17, 15) is 15.3 Å². The van der Waals surface area contributed by atoms with Crippen molar-refractivity contribution >= 4 is 0 Å². The van der Waals surface area contributed by atoms with Gasteiger partial charge >= 0.3 is 0 Å². The van der Waals surface area contributed by atoms with E-state index in [1.807, 2.05) is 0 Å². The lowest BCUT2D eigenvalue weighted by atomic mass is 10.1. The quantitative estimate of drug-likeness (QED) is 0.286. The molecule has 1 aliphatic rings. The normalized spacial score (nSPS) is 24.5. The molecule has 0 saturated carbocycles. The molecule has 0 aromatic rings. The third-order valence-electron chi connectivity index (χ3n) is 4.93. The average molecular weight is 373 g/mol. The molecule has 5 heteroatoms. The highest BCUT2D eigenvalue weighted by molar-refractivity contribution is 4.88. The van der Waals surface area contributed by atoms with E-state index in [0.717, 1.165) is 12.8 Å². The van der Waals surface area contributed by atoms with E-state index in [0.29, 0.717) is 6.61 Å². The molecule has 0 spiro atoms. The summed E-state index contributed by atoms with van der Waals surface area (Å²) in [6, 6.07) is 0. The van der Waals surface area contributed by atoms with E-state index in [1.54, 1.807) is 0 Å². The highest BCUT2D eigenvalue weighted by Crippen LogP contribution is 2.17. The van der Waals surface area contributed by atoms with Crippen LogP contribution in [0.4, 0.5) is 0 Å². The molecular weight excluding hydrogens is 332 g/mol. The molecule has 3 N–H and O–H groups in total. The van der Waals surface area contributed by atoms with Crippen LogP contribution >= 0.6 is 0 Å². The minimum absolute atomic E-state index is 0.0600. The Morgan fingerprint density at radius 2 is 1.58 bits per heavy atom. The number of aliphatic hydroxyl groups excluding tert-OH is 3. The standard InChI is InChI=1S/C21H40O5/c1-2-3-4-5-6-7-8-9-10-11-12-13-14-15-25-16-19(23)21-20(24)18(22)17-26-21/h12-13,18-24H,2-11,14-17H2,1H3/b13-12+/t18-,19+,20+,21+/m0/s1. The number of hydrogen-bond donors (Lipinski definition) is 3. The molecule has 154 valence electrons. The summed E-state index contributed by atoms with van der Waals surface area (Å²) >= 11 is 0. The predicted octanol–water partition coefficient (Wildman–Crippen LogP) is 3.35. The summed E-state index contributed by atoms with van der Waals surface area (Å²) in [7, 11) is 0. The topological polar surface area (TPSA) is 79.2 Å². The first-order valence-corrected chi connectivity index (χ1v) is 10.5. The third-order valence-corrected chi connectivity index (χ3v) is 4.93. The second kappa shape index (κ2) is 15.6. The SMILES string of the molecule is CCCCCCCCCCC/C=C/CCOC[C@@H](O)[C@H]1OC[C@H](O)[C@H]1O. The summed E-state index contributed by atoms with van der Waals surface area (Å²) < 4.78 is 10.6. The Labute approximate surface area is 159 Å². The van der Waals surface area contributed by atoms with Crippen LogP contribution in [0.3, 0.4) is 0 Å². The monoisotopic (exact) mass is 372 g/mol. The number of hydrogen-bond acceptors (Lipinski definition) is 5. The first kappa shape index (κ1) is 23.6. The van der Waals surface area contributed by atoms with Crippen molar-refractivity contribution < 1.29 is 24.8 Å². The summed E-state index contributed by atoms with van der Waals surface area (Å²) in [5.74, 6) is 0. The van der Waals surface area contributed by atoms with Gasteiger partial charge in [-0.25, -0.2) is 0 Å². The summed E-state index contributed by atoms with van der Waals surface area (Å²) in [5.41, 5.74) is 0. The lowest BCUT2D eigenvalue weighted by Gasteiger charge is -2.20. The zero-order valence-corrected chi connectivity index (χ0v) is 16.5. The van der Waals surface area contributed by atoms with Crippen molar-refractivity contribution in [2.75, 3.05) is 19.8 Å². The molecule has 5 nitrogen and oxygen atoms in total. The van der Waals surface area contributed by atoms with Gasteiger partial charge in [-0.15, -0.1) is 0 Å². The highest BCUT2D eigenvalue weighted by atomic mass is 16.5. The van der Waals surface area contributed by atoms with Gasteiger partial charge < -0.3 is 24.8 Å². The van der Waals surface area contributed by atoms with E-state index >= 15 is 0 Å². The molecular formula is C21H40O5. The fourth-order valence-corrected chi connectivity index (χ4v) is 3.22. The summed E-state index contributed by atoms with van der Waals surface area (Å²) in [6.07, 6.45) is 14.8. The Balaban J connectivity index is 1.85. The maximum Gasteiger partial charge on any atom is 0.114 e. The van der Waals surface area contributed by atoms with Crippen molar-refractivity contribution in [1.82, 2.24) is 0 Å². The maximum absolute atomic E-state index is 9.90. The maximum atomic E-state index is 9.90. The minimum atomic E-state index is -1.04. The van der Waals surface area contributed by atoms with Crippen LogP contribution in [0, 0.1) is 0 Å². The molecule has 1 heterocycles. The zero-order valence-electron chi connectivity index (χ0n) is 16.5. The van der Waals surface area contributed by atoms with E-state index in [2.05, 4.69) is 19.1 Å². The Bertz CT molecular complexity index is 347. The smallest absolute Gasteiger partial charge is 0.114 e. The van der Waals surface area contributed by atoms with Crippen molar-refractivity contribution in [3.05, 3.63) is 12.2 Å². The van der Waals surface area contributed by atoms with Crippen molar-refractivity contribution in [3.8, 4) is 0 Å². The van der Waals surface area contributed by atoms with Gasteiger partial charge in [-0.3, -0.25) is 0 Å². The van der Waals surface area contributed by atoms with Gasteiger partial charge in [-0.2, -0.15) is 0 Å².